The molecule has 184 valence electrons. The molecule has 0 aliphatic carbocycles. The van der Waals surface area contributed by atoms with Crippen molar-refractivity contribution in [3.8, 4) is 29.0 Å². The molecule has 0 bridgehead atoms. The van der Waals surface area contributed by atoms with Crippen LogP contribution >= 0.6 is 0 Å². The fraction of sp³-hybridized carbons (Fsp3) is 0.440. The summed E-state index contributed by atoms with van der Waals surface area (Å²) in [7, 11) is 3.76. The number of aryl methyl sites for hydroxylation is 1. The minimum atomic E-state index is -0.207. The van der Waals surface area contributed by atoms with Gasteiger partial charge in [-0.2, -0.15) is 0 Å². The number of aromatic nitrogens is 5. The molecule has 0 saturated carbocycles. The van der Waals surface area contributed by atoms with Gasteiger partial charge in [-0.05, 0) is 46.0 Å². The van der Waals surface area contributed by atoms with Gasteiger partial charge in [-0.1, -0.05) is 11.8 Å². The third-order valence-electron chi connectivity index (χ3n) is 5.95. The van der Waals surface area contributed by atoms with Crippen LogP contribution < -0.4 is 15.6 Å². The topological polar surface area (TPSA) is 121 Å². The molecular formula is C25H31N7O3. The second-order valence-electron chi connectivity index (χ2n) is 8.80. The SMILES string of the molecule is C[C@@H](CCO)Oc1cc(Nc2ccnc(-c3c[nH]n(C)c3=O)n2)ncc1C#CC1CCN(C)CC1. The Kier molecular flexibility index (Phi) is 7.80. The van der Waals surface area contributed by atoms with E-state index in [9.17, 15) is 9.90 Å². The molecule has 3 aromatic rings. The van der Waals surface area contributed by atoms with Crippen molar-refractivity contribution in [2.24, 2.45) is 13.0 Å². The third kappa shape index (κ3) is 6.26. The van der Waals surface area contributed by atoms with Gasteiger partial charge in [0.2, 0.25) is 0 Å². The number of H-pyrrole nitrogens is 1. The lowest BCUT2D eigenvalue weighted by Gasteiger charge is -2.25. The number of rotatable bonds is 7. The van der Waals surface area contributed by atoms with Crippen LogP contribution in [-0.4, -0.2) is 67.6 Å². The van der Waals surface area contributed by atoms with Gasteiger partial charge in [0.05, 0.1) is 11.7 Å². The number of hydrogen-bond donors (Lipinski definition) is 3. The van der Waals surface area contributed by atoms with Gasteiger partial charge in [0, 0.05) is 50.7 Å². The lowest BCUT2D eigenvalue weighted by molar-refractivity contribution is 0.168. The standard InChI is InChI=1S/C25H31N7O3/c1-17(9-13-33)35-21-14-23(27-15-19(21)5-4-18-7-11-31(2)12-8-18)29-22-6-10-26-24(30-22)20-16-28-32(3)25(20)34/h6,10,14-18,28,33H,7-9,11-13H2,1-3H3,(H,26,27,29,30)/t17-/m0/s1. The quantitative estimate of drug-likeness (QED) is 0.443. The Morgan fingerprint density at radius 1 is 1.29 bits per heavy atom. The normalized spacial score (nSPS) is 15.3. The summed E-state index contributed by atoms with van der Waals surface area (Å²) in [6, 6.07) is 3.48. The van der Waals surface area contributed by atoms with Gasteiger partial charge in [-0.25, -0.2) is 15.0 Å². The molecule has 1 atom stereocenters. The molecule has 0 spiro atoms. The molecule has 4 rings (SSSR count). The molecule has 0 amide bonds. The summed E-state index contributed by atoms with van der Waals surface area (Å²) in [4.78, 5) is 27.7. The maximum absolute atomic E-state index is 12.2. The summed E-state index contributed by atoms with van der Waals surface area (Å²) in [5.74, 6) is 8.92. The highest BCUT2D eigenvalue weighted by Gasteiger charge is 2.15. The number of piperidine rings is 1. The first kappa shape index (κ1) is 24.4. The zero-order chi connectivity index (χ0) is 24.8. The van der Waals surface area contributed by atoms with Crippen LogP contribution in [0.4, 0.5) is 11.6 Å². The molecule has 0 aromatic carbocycles. The molecule has 1 saturated heterocycles. The number of ether oxygens (including phenoxy) is 1. The van der Waals surface area contributed by atoms with Crippen molar-refractivity contribution < 1.29 is 9.84 Å². The average molecular weight is 478 g/mol. The number of nitrogens with zero attached hydrogens (tertiary/aromatic N) is 5. The first-order chi connectivity index (χ1) is 16.9. The molecule has 0 unspecified atom stereocenters. The van der Waals surface area contributed by atoms with Gasteiger partial charge >= 0.3 is 0 Å². The number of aromatic amines is 1. The minimum absolute atomic E-state index is 0.0380. The van der Waals surface area contributed by atoms with Gasteiger partial charge in [-0.15, -0.1) is 0 Å². The van der Waals surface area contributed by atoms with Crippen LogP contribution in [-0.2, 0) is 7.05 Å². The maximum Gasteiger partial charge on any atom is 0.277 e. The van der Waals surface area contributed by atoms with Gasteiger partial charge in [0.25, 0.3) is 5.56 Å². The van der Waals surface area contributed by atoms with Crippen molar-refractivity contribution in [3.63, 3.8) is 0 Å². The fourth-order valence-electron chi connectivity index (χ4n) is 3.80. The Balaban J connectivity index is 1.57. The van der Waals surface area contributed by atoms with E-state index in [2.05, 4.69) is 49.2 Å². The lowest BCUT2D eigenvalue weighted by atomic mass is 9.97. The second-order valence-corrected chi connectivity index (χ2v) is 8.80. The van der Waals surface area contributed by atoms with Crippen LogP contribution in [0.1, 0.15) is 31.7 Å². The van der Waals surface area contributed by atoms with Crippen molar-refractivity contribution >= 4 is 11.6 Å². The van der Waals surface area contributed by atoms with Crippen molar-refractivity contribution in [1.29, 1.82) is 0 Å². The Labute approximate surface area is 204 Å². The zero-order valence-corrected chi connectivity index (χ0v) is 20.3. The Morgan fingerprint density at radius 2 is 2.09 bits per heavy atom. The number of hydrogen-bond acceptors (Lipinski definition) is 8. The molecule has 35 heavy (non-hydrogen) atoms. The number of pyridine rings is 1. The summed E-state index contributed by atoms with van der Waals surface area (Å²) in [5.41, 5.74) is 0.880. The van der Waals surface area contributed by atoms with Gasteiger partial charge in [0.15, 0.2) is 5.82 Å². The van der Waals surface area contributed by atoms with E-state index in [-0.39, 0.29) is 18.3 Å². The first-order valence-corrected chi connectivity index (χ1v) is 11.8. The summed E-state index contributed by atoms with van der Waals surface area (Å²) in [6.07, 6.45) is 7.27. The molecule has 0 radical (unpaired) electrons. The highest BCUT2D eigenvalue weighted by molar-refractivity contribution is 5.60. The lowest BCUT2D eigenvalue weighted by Crippen LogP contribution is -2.29. The van der Waals surface area contributed by atoms with E-state index >= 15 is 0 Å². The smallest absolute Gasteiger partial charge is 0.277 e. The van der Waals surface area contributed by atoms with Crippen molar-refractivity contribution in [3.05, 3.63) is 46.6 Å². The van der Waals surface area contributed by atoms with Crippen LogP contribution in [0, 0.1) is 17.8 Å². The maximum atomic E-state index is 12.2. The second kappa shape index (κ2) is 11.2. The van der Waals surface area contributed by atoms with Crippen molar-refractivity contribution in [2.45, 2.75) is 32.3 Å². The van der Waals surface area contributed by atoms with Crippen LogP contribution in [0.3, 0.4) is 0 Å². The third-order valence-corrected chi connectivity index (χ3v) is 5.95. The van der Waals surface area contributed by atoms with E-state index < -0.39 is 0 Å². The van der Waals surface area contributed by atoms with E-state index in [4.69, 9.17) is 4.74 Å². The predicted molar refractivity (Wildman–Crippen MR) is 133 cm³/mol. The number of aliphatic hydroxyl groups excluding tert-OH is 1. The highest BCUT2D eigenvalue weighted by atomic mass is 16.5. The monoisotopic (exact) mass is 477 g/mol. The van der Waals surface area contributed by atoms with Gasteiger partial charge < -0.3 is 25.2 Å². The average Bonchev–Trinajstić information content (AvgIpc) is 3.18. The molecule has 1 aliphatic rings. The van der Waals surface area contributed by atoms with Crippen molar-refractivity contribution in [1.82, 2.24) is 29.6 Å². The molecule has 10 nitrogen and oxygen atoms in total. The number of aliphatic hydroxyl groups is 1. The molecule has 10 heteroatoms. The van der Waals surface area contributed by atoms with E-state index in [1.165, 1.54) is 4.68 Å². The van der Waals surface area contributed by atoms with E-state index in [1.807, 2.05) is 6.92 Å². The van der Waals surface area contributed by atoms with Crippen LogP contribution in [0.2, 0.25) is 0 Å². The molecular weight excluding hydrogens is 446 g/mol. The van der Waals surface area contributed by atoms with Crippen LogP contribution in [0.15, 0.2) is 35.5 Å². The van der Waals surface area contributed by atoms with Gasteiger partial charge in [-0.3, -0.25) is 9.48 Å². The molecule has 4 heterocycles. The molecule has 1 fully saturated rings. The zero-order valence-electron chi connectivity index (χ0n) is 20.3. The molecule has 1 aliphatic heterocycles. The summed E-state index contributed by atoms with van der Waals surface area (Å²) in [5, 5.41) is 15.3. The molecule has 3 N–H and O–H groups in total. The first-order valence-electron chi connectivity index (χ1n) is 11.8. The number of anilines is 2. The highest BCUT2D eigenvalue weighted by Crippen LogP contribution is 2.25. The number of nitrogens with one attached hydrogen (secondary N) is 2. The van der Waals surface area contributed by atoms with E-state index in [1.54, 1.807) is 37.8 Å². The minimum Gasteiger partial charge on any atom is -0.489 e. The van der Waals surface area contributed by atoms with Crippen LogP contribution in [0.5, 0.6) is 5.75 Å². The van der Waals surface area contributed by atoms with Crippen LogP contribution in [0.25, 0.3) is 11.4 Å². The van der Waals surface area contributed by atoms with E-state index in [0.717, 1.165) is 25.9 Å². The van der Waals surface area contributed by atoms with Crippen molar-refractivity contribution in [2.75, 3.05) is 32.1 Å². The molecule has 3 aromatic heterocycles. The fourth-order valence-corrected chi connectivity index (χ4v) is 3.80. The summed E-state index contributed by atoms with van der Waals surface area (Å²) >= 11 is 0. The Morgan fingerprint density at radius 3 is 2.80 bits per heavy atom. The largest absolute Gasteiger partial charge is 0.489 e. The Hall–Kier alpha value is -3.68. The van der Waals surface area contributed by atoms with E-state index in [0.29, 0.717) is 46.7 Å². The predicted octanol–water partition coefficient (Wildman–Crippen LogP) is 2.15. The van der Waals surface area contributed by atoms with Gasteiger partial charge in [0.1, 0.15) is 22.9 Å². The summed E-state index contributed by atoms with van der Waals surface area (Å²) in [6.45, 7) is 4.04. The number of likely N-dealkylation sites (tertiary alicyclic amines) is 1. The Bertz CT molecular complexity index is 1270. The summed E-state index contributed by atoms with van der Waals surface area (Å²) < 4.78 is 7.46.